The van der Waals surface area contributed by atoms with Crippen LogP contribution in [0.15, 0.2) is 18.2 Å². The van der Waals surface area contributed by atoms with Crippen molar-refractivity contribution in [1.82, 2.24) is 5.32 Å². The molecule has 0 aliphatic carbocycles. The molecule has 0 heterocycles. The van der Waals surface area contributed by atoms with Crippen molar-refractivity contribution in [3.05, 3.63) is 29.3 Å². The molecule has 0 fully saturated rings. The smallest absolute Gasteiger partial charge is 0.122 e. The summed E-state index contributed by atoms with van der Waals surface area (Å²) in [6.07, 6.45) is 1.75. The third kappa shape index (κ3) is 8.05. The standard InChI is InChI=1S/C17H29NO3/c1-4-5-9-20-10-8-18-12-16(19)13-21-17-7-6-14(2)11-15(17)3/h6-7,11,16,18-19H,4-5,8-10,12-13H2,1-3H3. The van der Waals surface area contributed by atoms with Gasteiger partial charge in [-0.25, -0.2) is 0 Å². The van der Waals surface area contributed by atoms with E-state index in [2.05, 4.69) is 25.2 Å². The number of aliphatic hydroxyl groups excluding tert-OH is 1. The largest absolute Gasteiger partial charge is 0.491 e. The number of aliphatic hydroxyl groups is 1. The van der Waals surface area contributed by atoms with Gasteiger partial charge in [0.05, 0.1) is 6.61 Å². The van der Waals surface area contributed by atoms with Crippen molar-refractivity contribution in [3.8, 4) is 5.75 Å². The van der Waals surface area contributed by atoms with Crippen molar-refractivity contribution < 1.29 is 14.6 Å². The van der Waals surface area contributed by atoms with E-state index in [0.29, 0.717) is 19.8 Å². The van der Waals surface area contributed by atoms with Crippen LogP contribution in [0.2, 0.25) is 0 Å². The summed E-state index contributed by atoms with van der Waals surface area (Å²) in [5.41, 5.74) is 2.31. The lowest BCUT2D eigenvalue weighted by molar-refractivity contribution is 0.0979. The van der Waals surface area contributed by atoms with E-state index in [-0.39, 0.29) is 0 Å². The summed E-state index contributed by atoms with van der Waals surface area (Å²) >= 11 is 0. The van der Waals surface area contributed by atoms with Gasteiger partial charge >= 0.3 is 0 Å². The van der Waals surface area contributed by atoms with Crippen molar-refractivity contribution in [1.29, 1.82) is 0 Å². The Labute approximate surface area is 128 Å². The van der Waals surface area contributed by atoms with Crippen LogP contribution >= 0.6 is 0 Å². The Morgan fingerprint density at radius 3 is 2.76 bits per heavy atom. The Morgan fingerprint density at radius 2 is 2.05 bits per heavy atom. The second-order valence-electron chi connectivity index (χ2n) is 5.40. The fourth-order valence-electron chi connectivity index (χ4n) is 1.97. The van der Waals surface area contributed by atoms with E-state index >= 15 is 0 Å². The highest BCUT2D eigenvalue weighted by Crippen LogP contribution is 2.18. The van der Waals surface area contributed by atoms with Crippen LogP contribution in [0.3, 0.4) is 0 Å². The minimum absolute atomic E-state index is 0.299. The van der Waals surface area contributed by atoms with E-state index < -0.39 is 6.10 Å². The van der Waals surface area contributed by atoms with Gasteiger partial charge in [0.1, 0.15) is 18.5 Å². The summed E-state index contributed by atoms with van der Waals surface area (Å²) in [5, 5.41) is 13.0. The number of hydrogen-bond donors (Lipinski definition) is 2. The van der Waals surface area contributed by atoms with Crippen LogP contribution < -0.4 is 10.1 Å². The molecular weight excluding hydrogens is 266 g/mol. The van der Waals surface area contributed by atoms with Crippen LogP contribution in [0.25, 0.3) is 0 Å². The highest BCUT2D eigenvalue weighted by molar-refractivity contribution is 5.35. The Balaban J connectivity index is 2.09. The van der Waals surface area contributed by atoms with E-state index in [0.717, 1.165) is 37.3 Å². The first-order valence-electron chi connectivity index (χ1n) is 7.80. The summed E-state index contributed by atoms with van der Waals surface area (Å²) in [4.78, 5) is 0. The molecule has 0 saturated heterocycles. The maximum atomic E-state index is 9.87. The first kappa shape index (κ1) is 18.0. The first-order valence-corrected chi connectivity index (χ1v) is 7.80. The third-order valence-corrected chi connectivity index (χ3v) is 3.21. The van der Waals surface area contributed by atoms with Gasteiger partial charge < -0.3 is 19.9 Å². The van der Waals surface area contributed by atoms with Crippen molar-refractivity contribution in [2.45, 2.75) is 39.7 Å². The SMILES string of the molecule is CCCCOCCNCC(O)COc1ccc(C)cc1C. The van der Waals surface area contributed by atoms with Gasteiger partial charge in [0.2, 0.25) is 0 Å². The van der Waals surface area contributed by atoms with Crippen LogP contribution in [-0.4, -0.2) is 44.1 Å². The van der Waals surface area contributed by atoms with E-state index in [4.69, 9.17) is 9.47 Å². The number of benzene rings is 1. The van der Waals surface area contributed by atoms with Gasteiger partial charge in [-0.3, -0.25) is 0 Å². The third-order valence-electron chi connectivity index (χ3n) is 3.21. The highest BCUT2D eigenvalue weighted by Gasteiger charge is 2.06. The molecule has 1 aromatic rings. The van der Waals surface area contributed by atoms with Gasteiger partial charge in [-0.2, -0.15) is 0 Å². The van der Waals surface area contributed by atoms with Gasteiger partial charge in [0.15, 0.2) is 0 Å². The monoisotopic (exact) mass is 295 g/mol. The molecule has 0 bridgehead atoms. The zero-order chi connectivity index (χ0) is 15.5. The van der Waals surface area contributed by atoms with Gasteiger partial charge in [-0.05, 0) is 31.9 Å². The lowest BCUT2D eigenvalue weighted by Crippen LogP contribution is -2.33. The average molecular weight is 295 g/mol. The maximum absolute atomic E-state index is 9.87. The minimum Gasteiger partial charge on any atom is -0.491 e. The van der Waals surface area contributed by atoms with Crippen LogP contribution in [0.4, 0.5) is 0 Å². The van der Waals surface area contributed by atoms with Gasteiger partial charge in [0.25, 0.3) is 0 Å². The number of rotatable bonds is 11. The Kier molecular flexibility index (Phi) is 9.06. The Morgan fingerprint density at radius 1 is 1.24 bits per heavy atom. The van der Waals surface area contributed by atoms with Crippen molar-refractivity contribution in [2.24, 2.45) is 0 Å². The summed E-state index contributed by atoms with van der Waals surface area (Å²) < 4.78 is 11.1. The average Bonchev–Trinajstić information content (AvgIpc) is 2.45. The number of ether oxygens (including phenoxy) is 2. The van der Waals surface area contributed by atoms with Crippen molar-refractivity contribution in [2.75, 3.05) is 32.9 Å². The zero-order valence-electron chi connectivity index (χ0n) is 13.5. The molecule has 21 heavy (non-hydrogen) atoms. The first-order chi connectivity index (χ1) is 10.1. The molecule has 0 aliphatic rings. The van der Waals surface area contributed by atoms with E-state index in [1.807, 2.05) is 19.1 Å². The number of unbranched alkanes of at least 4 members (excludes halogenated alkanes) is 1. The molecule has 0 aliphatic heterocycles. The normalized spacial score (nSPS) is 12.4. The van der Waals surface area contributed by atoms with E-state index in [1.165, 1.54) is 5.56 Å². The molecule has 0 aromatic heterocycles. The van der Waals surface area contributed by atoms with Gasteiger partial charge in [-0.15, -0.1) is 0 Å². The lowest BCUT2D eigenvalue weighted by Gasteiger charge is -2.15. The fourth-order valence-corrected chi connectivity index (χ4v) is 1.97. The summed E-state index contributed by atoms with van der Waals surface area (Å²) in [7, 11) is 0. The fraction of sp³-hybridized carbons (Fsp3) is 0.647. The number of aryl methyl sites for hydroxylation is 2. The predicted octanol–water partition coefficient (Wildman–Crippen LogP) is 2.45. The summed E-state index contributed by atoms with van der Waals surface area (Å²) in [6, 6.07) is 6.04. The summed E-state index contributed by atoms with van der Waals surface area (Å²) in [5.74, 6) is 0.836. The molecule has 120 valence electrons. The lowest BCUT2D eigenvalue weighted by atomic mass is 10.1. The second kappa shape index (κ2) is 10.6. The van der Waals surface area contributed by atoms with Crippen LogP contribution in [-0.2, 0) is 4.74 Å². The molecule has 0 spiro atoms. The molecule has 1 unspecified atom stereocenters. The topological polar surface area (TPSA) is 50.7 Å². The van der Waals surface area contributed by atoms with Crippen LogP contribution in [0, 0.1) is 13.8 Å². The zero-order valence-corrected chi connectivity index (χ0v) is 13.5. The minimum atomic E-state index is -0.513. The van der Waals surface area contributed by atoms with Gasteiger partial charge in [-0.1, -0.05) is 31.0 Å². The van der Waals surface area contributed by atoms with Crippen molar-refractivity contribution in [3.63, 3.8) is 0 Å². The summed E-state index contributed by atoms with van der Waals surface area (Å²) in [6.45, 7) is 9.29. The number of hydrogen-bond acceptors (Lipinski definition) is 4. The Bertz CT molecular complexity index is 396. The molecule has 2 N–H and O–H groups in total. The molecule has 0 radical (unpaired) electrons. The molecular formula is C17H29NO3. The molecule has 1 atom stereocenters. The molecule has 4 nitrogen and oxygen atoms in total. The highest BCUT2D eigenvalue weighted by atomic mass is 16.5. The molecule has 1 rings (SSSR count). The van der Waals surface area contributed by atoms with Gasteiger partial charge in [0, 0.05) is 19.7 Å². The predicted molar refractivity (Wildman–Crippen MR) is 86.0 cm³/mol. The molecule has 4 heteroatoms. The Hall–Kier alpha value is -1.10. The van der Waals surface area contributed by atoms with Crippen LogP contribution in [0.5, 0.6) is 5.75 Å². The molecule has 0 saturated carbocycles. The molecule has 0 amide bonds. The quantitative estimate of drug-likeness (QED) is 0.616. The van der Waals surface area contributed by atoms with Crippen LogP contribution in [0.1, 0.15) is 30.9 Å². The van der Waals surface area contributed by atoms with E-state index in [9.17, 15) is 5.11 Å². The van der Waals surface area contributed by atoms with Crippen molar-refractivity contribution >= 4 is 0 Å². The van der Waals surface area contributed by atoms with E-state index in [1.54, 1.807) is 0 Å². The maximum Gasteiger partial charge on any atom is 0.122 e. The number of nitrogens with one attached hydrogen (secondary N) is 1. The second-order valence-corrected chi connectivity index (χ2v) is 5.40. The molecule has 1 aromatic carbocycles.